The average Bonchev–Trinajstić information content (AvgIpc) is 3.20. The Balaban J connectivity index is 1.43. The number of aromatic nitrogens is 5. The number of anilines is 2. The van der Waals surface area contributed by atoms with E-state index >= 15 is 0 Å². The summed E-state index contributed by atoms with van der Waals surface area (Å²) in [6.07, 6.45) is 4.09. The number of rotatable bonds is 8. The Morgan fingerprint density at radius 1 is 1.30 bits per heavy atom. The molecule has 1 atom stereocenters. The second kappa shape index (κ2) is 10.9. The van der Waals surface area contributed by atoms with Crippen molar-refractivity contribution in [2.24, 2.45) is 12.5 Å². The number of nitrogens with zero attached hydrogens (tertiary/aromatic N) is 6. The monoisotopic (exact) mass is 526 g/mol. The van der Waals surface area contributed by atoms with Crippen LogP contribution in [-0.4, -0.2) is 37.0 Å². The highest BCUT2D eigenvalue weighted by Gasteiger charge is 2.43. The summed E-state index contributed by atoms with van der Waals surface area (Å²) in [5.41, 5.74) is 0.897. The summed E-state index contributed by atoms with van der Waals surface area (Å²) in [5, 5.41) is 22.4. The van der Waals surface area contributed by atoms with E-state index in [1.807, 2.05) is 0 Å². The molecule has 0 aromatic carbocycles. The molecule has 3 aromatic rings. The first-order valence-corrected chi connectivity index (χ1v) is 11.9. The van der Waals surface area contributed by atoms with Gasteiger partial charge in [0.15, 0.2) is 11.5 Å². The Morgan fingerprint density at radius 3 is 2.73 bits per heavy atom. The largest absolute Gasteiger partial charge is 0.441 e. The van der Waals surface area contributed by atoms with Crippen molar-refractivity contribution in [1.82, 2.24) is 25.0 Å². The number of halogens is 2. The molecule has 13 heteroatoms. The normalized spacial score (nSPS) is 14.7. The molecule has 2 amide bonds. The lowest BCUT2D eigenvalue weighted by Crippen LogP contribution is -2.41. The lowest BCUT2D eigenvalue weighted by atomic mass is 9.65. The maximum absolute atomic E-state index is 13.5. The van der Waals surface area contributed by atoms with E-state index in [9.17, 15) is 14.0 Å². The lowest BCUT2D eigenvalue weighted by Gasteiger charge is -2.39. The Kier molecular flexibility index (Phi) is 7.63. The molecule has 0 aliphatic heterocycles. The van der Waals surface area contributed by atoms with Crippen LogP contribution in [0.2, 0.25) is 5.15 Å². The number of hydrogen-bond acceptors (Lipinski definition) is 8. The van der Waals surface area contributed by atoms with Crippen molar-refractivity contribution >= 4 is 35.1 Å². The van der Waals surface area contributed by atoms with Crippen LogP contribution >= 0.6 is 11.6 Å². The van der Waals surface area contributed by atoms with E-state index in [2.05, 4.69) is 37.0 Å². The molecule has 0 radical (unpaired) electrons. The first kappa shape index (κ1) is 26.0. The van der Waals surface area contributed by atoms with Crippen molar-refractivity contribution in [3.05, 3.63) is 47.1 Å². The summed E-state index contributed by atoms with van der Waals surface area (Å²) in [4.78, 5) is 33.5. The summed E-state index contributed by atoms with van der Waals surface area (Å²) in [6, 6.07) is 6.57. The Morgan fingerprint density at radius 2 is 2.08 bits per heavy atom. The number of ether oxygens (including phenoxy) is 1. The number of hydrogen-bond donors (Lipinski definition) is 2. The zero-order valence-corrected chi connectivity index (χ0v) is 20.9. The number of amides is 2. The molecular formula is C24H24ClFN8O3. The van der Waals surface area contributed by atoms with Gasteiger partial charge in [-0.1, -0.05) is 23.2 Å². The van der Waals surface area contributed by atoms with Crippen LogP contribution in [0.15, 0.2) is 30.6 Å². The topological polar surface area (TPSA) is 148 Å². The molecule has 192 valence electrons. The Bertz CT molecular complexity index is 1350. The fraction of sp³-hybridized carbons (Fsp3) is 0.375. The molecule has 37 heavy (non-hydrogen) atoms. The van der Waals surface area contributed by atoms with E-state index in [-0.39, 0.29) is 28.1 Å². The highest BCUT2D eigenvalue weighted by atomic mass is 35.5. The van der Waals surface area contributed by atoms with Crippen LogP contribution in [0.1, 0.15) is 50.7 Å². The molecule has 1 saturated carbocycles. The SMILES string of the molecule is C[C@@H](OC(=O)Nc1c(-c2ccc(NC(=O)C3(CCC#N)CCC3)cn2)nnn1C)c1cc(F)cnc1Cl. The minimum atomic E-state index is -0.881. The van der Waals surface area contributed by atoms with Crippen LogP contribution in [-0.2, 0) is 16.6 Å². The molecule has 0 unspecified atom stereocenters. The van der Waals surface area contributed by atoms with Gasteiger partial charge in [0.1, 0.15) is 17.1 Å². The molecule has 1 aliphatic carbocycles. The van der Waals surface area contributed by atoms with Crippen molar-refractivity contribution in [3.63, 3.8) is 0 Å². The van der Waals surface area contributed by atoms with Gasteiger partial charge >= 0.3 is 6.09 Å². The zero-order chi connectivity index (χ0) is 26.6. The van der Waals surface area contributed by atoms with Crippen LogP contribution in [0.3, 0.4) is 0 Å². The number of nitrogens with one attached hydrogen (secondary N) is 2. The molecule has 3 aromatic heterocycles. The molecule has 3 heterocycles. The molecule has 2 N–H and O–H groups in total. The van der Waals surface area contributed by atoms with Gasteiger partial charge in [0, 0.05) is 19.0 Å². The predicted molar refractivity (Wildman–Crippen MR) is 132 cm³/mol. The maximum Gasteiger partial charge on any atom is 0.413 e. The number of aryl methyl sites for hydroxylation is 1. The smallest absolute Gasteiger partial charge is 0.413 e. The van der Waals surface area contributed by atoms with Crippen molar-refractivity contribution < 1.29 is 18.7 Å². The summed E-state index contributed by atoms with van der Waals surface area (Å²) < 4.78 is 20.2. The minimum absolute atomic E-state index is 0.0225. The highest BCUT2D eigenvalue weighted by molar-refractivity contribution is 6.30. The number of carbonyl (C=O) groups is 2. The minimum Gasteiger partial charge on any atom is -0.441 e. The van der Waals surface area contributed by atoms with E-state index in [0.717, 1.165) is 31.5 Å². The van der Waals surface area contributed by atoms with Crippen molar-refractivity contribution in [2.45, 2.75) is 45.1 Å². The van der Waals surface area contributed by atoms with Gasteiger partial charge in [-0.25, -0.2) is 18.9 Å². The van der Waals surface area contributed by atoms with E-state index in [1.54, 1.807) is 19.2 Å². The quantitative estimate of drug-likeness (QED) is 0.398. The average molecular weight is 527 g/mol. The summed E-state index contributed by atoms with van der Waals surface area (Å²) in [6.45, 7) is 1.53. The summed E-state index contributed by atoms with van der Waals surface area (Å²) in [5.74, 6) is -0.505. The van der Waals surface area contributed by atoms with Crippen LogP contribution in [0.4, 0.5) is 20.7 Å². The third kappa shape index (κ3) is 5.67. The summed E-state index contributed by atoms with van der Waals surface area (Å²) >= 11 is 5.99. The fourth-order valence-electron chi connectivity index (χ4n) is 4.10. The van der Waals surface area contributed by atoms with Gasteiger partial charge in [0.05, 0.1) is 35.3 Å². The van der Waals surface area contributed by atoms with Crippen LogP contribution < -0.4 is 10.6 Å². The van der Waals surface area contributed by atoms with Crippen LogP contribution in [0.25, 0.3) is 11.4 Å². The molecule has 0 bridgehead atoms. The predicted octanol–water partition coefficient (Wildman–Crippen LogP) is 4.79. The Labute approximate surface area is 217 Å². The molecule has 0 spiro atoms. The second-order valence-corrected chi connectivity index (χ2v) is 9.15. The molecule has 4 rings (SSSR count). The van der Waals surface area contributed by atoms with Gasteiger partial charge in [-0.3, -0.25) is 15.1 Å². The van der Waals surface area contributed by atoms with Crippen LogP contribution in [0.5, 0.6) is 0 Å². The maximum atomic E-state index is 13.5. The van der Waals surface area contributed by atoms with E-state index < -0.39 is 23.4 Å². The lowest BCUT2D eigenvalue weighted by molar-refractivity contribution is -0.130. The first-order valence-electron chi connectivity index (χ1n) is 11.6. The zero-order valence-electron chi connectivity index (χ0n) is 20.2. The fourth-order valence-corrected chi connectivity index (χ4v) is 4.36. The molecule has 0 saturated heterocycles. The van der Waals surface area contributed by atoms with Gasteiger partial charge in [-0.05, 0) is 44.4 Å². The van der Waals surface area contributed by atoms with Gasteiger partial charge < -0.3 is 10.1 Å². The van der Waals surface area contributed by atoms with E-state index in [1.165, 1.54) is 17.8 Å². The van der Waals surface area contributed by atoms with Crippen molar-refractivity contribution in [3.8, 4) is 17.5 Å². The highest BCUT2D eigenvalue weighted by Crippen LogP contribution is 2.45. The second-order valence-electron chi connectivity index (χ2n) is 8.79. The molecule has 1 fully saturated rings. The standard InChI is InChI=1S/C24H24ClFN8O3/c1-14(17-11-15(26)12-29-20(17)25)37-23(36)31-21-19(32-33-34(21)2)18-6-5-16(13-28-18)30-22(35)24(7-3-8-24)9-4-10-27/h5-6,11-14H,3-4,7-9H2,1-2H3,(H,30,35)(H,31,36)/t14-/m1/s1. The first-order chi connectivity index (χ1) is 17.7. The third-order valence-electron chi connectivity index (χ3n) is 6.37. The molecular weight excluding hydrogens is 503 g/mol. The molecule has 11 nitrogen and oxygen atoms in total. The van der Waals surface area contributed by atoms with E-state index in [0.29, 0.717) is 24.2 Å². The van der Waals surface area contributed by atoms with Gasteiger partial charge in [0.25, 0.3) is 0 Å². The third-order valence-corrected chi connectivity index (χ3v) is 6.69. The van der Waals surface area contributed by atoms with Gasteiger partial charge in [-0.15, -0.1) is 5.10 Å². The van der Waals surface area contributed by atoms with Crippen LogP contribution in [0, 0.1) is 22.6 Å². The number of carbonyl (C=O) groups excluding carboxylic acids is 2. The summed E-state index contributed by atoms with van der Waals surface area (Å²) in [7, 11) is 1.58. The van der Waals surface area contributed by atoms with Crippen molar-refractivity contribution in [1.29, 1.82) is 5.26 Å². The van der Waals surface area contributed by atoms with Crippen molar-refractivity contribution in [2.75, 3.05) is 10.6 Å². The van der Waals surface area contributed by atoms with Gasteiger partial charge in [0.2, 0.25) is 5.91 Å². The van der Waals surface area contributed by atoms with E-state index in [4.69, 9.17) is 21.6 Å². The Hall–Kier alpha value is -4.11. The molecule has 1 aliphatic rings. The number of pyridine rings is 2. The van der Waals surface area contributed by atoms with Gasteiger partial charge in [-0.2, -0.15) is 5.26 Å². The number of nitriles is 1.